The molecule has 2 heterocycles. The molecule has 1 amide bonds. The molecule has 2 rings (SSSR count). The van der Waals surface area contributed by atoms with Gasteiger partial charge in [-0.1, -0.05) is 6.92 Å². The van der Waals surface area contributed by atoms with E-state index in [1.165, 1.54) is 4.68 Å². The van der Waals surface area contributed by atoms with Crippen molar-refractivity contribution in [3.05, 3.63) is 11.4 Å². The van der Waals surface area contributed by atoms with E-state index in [1.807, 2.05) is 0 Å². The summed E-state index contributed by atoms with van der Waals surface area (Å²) in [5.41, 5.74) is 0.991. The van der Waals surface area contributed by atoms with Gasteiger partial charge in [-0.05, 0) is 39.5 Å². The predicted octanol–water partition coefficient (Wildman–Crippen LogP) is 0.962. The molecule has 1 aromatic rings. The SMILES string of the molecule is Cc1nn(C)c(C)c1S(=O)(=O)N[C@H](C)C(=O)N1CCC[C@@H](C)C1. The van der Waals surface area contributed by atoms with Crippen molar-refractivity contribution >= 4 is 15.9 Å². The molecule has 0 spiro atoms. The van der Waals surface area contributed by atoms with Crippen LogP contribution < -0.4 is 4.72 Å². The van der Waals surface area contributed by atoms with Gasteiger partial charge in [-0.25, -0.2) is 8.42 Å². The number of amides is 1. The minimum Gasteiger partial charge on any atom is -0.341 e. The highest BCUT2D eigenvalue weighted by Gasteiger charge is 2.31. The molecule has 7 nitrogen and oxygen atoms in total. The molecule has 0 aliphatic carbocycles. The number of hydrogen-bond donors (Lipinski definition) is 1. The second-order valence-corrected chi connectivity index (χ2v) is 8.15. The number of nitrogens with zero attached hydrogens (tertiary/aromatic N) is 3. The summed E-state index contributed by atoms with van der Waals surface area (Å²) in [4.78, 5) is 14.4. The summed E-state index contributed by atoms with van der Waals surface area (Å²) in [5.74, 6) is 0.290. The first-order valence-corrected chi connectivity index (χ1v) is 9.43. The Kier molecular flexibility index (Phi) is 5.15. The van der Waals surface area contributed by atoms with E-state index in [2.05, 4.69) is 16.7 Å². The van der Waals surface area contributed by atoms with Crippen LogP contribution in [0.25, 0.3) is 0 Å². The van der Waals surface area contributed by atoms with Gasteiger partial charge >= 0.3 is 0 Å². The lowest BCUT2D eigenvalue weighted by Gasteiger charge is -2.32. The molecule has 8 heteroatoms. The van der Waals surface area contributed by atoms with Crippen LogP contribution in [0.1, 0.15) is 38.1 Å². The molecule has 1 fully saturated rings. The van der Waals surface area contributed by atoms with Crippen LogP contribution in [0.15, 0.2) is 4.90 Å². The van der Waals surface area contributed by atoms with E-state index in [4.69, 9.17) is 0 Å². The Labute approximate surface area is 138 Å². The van der Waals surface area contributed by atoms with Crippen molar-refractivity contribution in [2.24, 2.45) is 13.0 Å². The van der Waals surface area contributed by atoms with Gasteiger partial charge in [0.25, 0.3) is 0 Å². The van der Waals surface area contributed by atoms with E-state index in [0.29, 0.717) is 30.4 Å². The normalized spacial score (nSPS) is 20.6. The summed E-state index contributed by atoms with van der Waals surface area (Å²) in [6.45, 7) is 8.45. The van der Waals surface area contributed by atoms with Gasteiger partial charge in [0, 0.05) is 20.1 Å². The van der Waals surface area contributed by atoms with E-state index in [9.17, 15) is 13.2 Å². The lowest BCUT2D eigenvalue weighted by Crippen LogP contribution is -2.49. The van der Waals surface area contributed by atoms with Gasteiger partial charge in [-0.15, -0.1) is 0 Å². The third-order valence-corrected chi connectivity index (χ3v) is 6.17. The molecule has 0 radical (unpaired) electrons. The predicted molar refractivity (Wildman–Crippen MR) is 87.4 cm³/mol. The minimum atomic E-state index is -3.78. The Morgan fingerprint density at radius 3 is 2.57 bits per heavy atom. The van der Waals surface area contributed by atoms with E-state index < -0.39 is 16.1 Å². The van der Waals surface area contributed by atoms with Crippen LogP contribution in [-0.4, -0.2) is 48.1 Å². The number of aryl methyl sites for hydroxylation is 2. The zero-order chi connectivity index (χ0) is 17.4. The molecule has 1 saturated heterocycles. The van der Waals surface area contributed by atoms with Gasteiger partial charge in [0.15, 0.2) is 0 Å². The number of carbonyl (C=O) groups excluding carboxylic acids is 1. The number of carbonyl (C=O) groups is 1. The smallest absolute Gasteiger partial charge is 0.244 e. The average Bonchev–Trinajstić information content (AvgIpc) is 2.71. The lowest BCUT2D eigenvalue weighted by molar-refractivity contribution is -0.134. The van der Waals surface area contributed by atoms with Crippen LogP contribution in [0, 0.1) is 19.8 Å². The minimum absolute atomic E-state index is 0.159. The zero-order valence-electron chi connectivity index (χ0n) is 14.5. The fraction of sp³-hybridized carbons (Fsp3) is 0.733. The Balaban J connectivity index is 2.15. The Morgan fingerprint density at radius 2 is 2.04 bits per heavy atom. The summed E-state index contributed by atoms with van der Waals surface area (Å²) in [6.07, 6.45) is 2.07. The van der Waals surface area contributed by atoms with Gasteiger partial charge in [0.1, 0.15) is 4.90 Å². The number of sulfonamides is 1. The number of aromatic nitrogens is 2. The summed E-state index contributed by atoms with van der Waals surface area (Å²) in [7, 11) is -2.08. The maximum Gasteiger partial charge on any atom is 0.244 e. The fourth-order valence-corrected chi connectivity index (χ4v) is 4.78. The molecule has 0 unspecified atom stereocenters. The lowest BCUT2D eigenvalue weighted by atomic mass is 10.00. The van der Waals surface area contributed by atoms with Gasteiger partial charge in [0.05, 0.1) is 17.4 Å². The molecule has 1 N–H and O–H groups in total. The zero-order valence-corrected chi connectivity index (χ0v) is 15.3. The van der Waals surface area contributed by atoms with Crippen LogP contribution in [0.2, 0.25) is 0 Å². The monoisotopic (exact) mass is 342 g/mol. The topological polar surface area (TPSA) is 84.3 Å². The summed E-state index contributed by atoms with van der Waals surface area (Å²) in [6, 6.07) is -0.788. The van der Waals surface area contributed by atoms with Crippen molar-refractivity contribution in [2.75, 3.05) is 13.1 Å². The highest BCUT2D eigenvalue weighted by molar-refractivity contribution is 7.89. The van der Waals surface area contributed by atoms with Gasteiger partial charge in [0.2, 0.25) is 15.9 Å². The molecule has 130 valence electrons. The van der Waals surface area contributed by atoms with Crippen molar-refractivity contribution < 1.29 is 13.2 Å². The van der Waals surface area contributed by atoms with E-state index >= 15 is 0 Å². The van der Waals surface area contributed by atoms with Crippen LogP contribution in [0.5, 0.6) is 0 Å². The summed E-state index contributed by atoms with van der Waals surface area (Å²) < 4.78 is 29.3. The molecule has 0 saturated carbocycles. The highest BCUT2D eigenvalue weighted by atomic mass is 32.2. The summed E-state index contributed by atoms with van der Waals surface area (Å²) in [5, 5.41) is 4.13. The van der Waals surface area contributed by atoms with Crippen molar-refractivity contribution in [3.63, 3.8) is 0 Å². The molecule has 1 aliphatic heterocycles. The quantitative estimate of drug-likeness (QED) is 0.883. The van der Waals surface area contributed by atoms with Crippen LogP contribution in [-0.2, 0) is 21.9 Å². The molecular formula is C15H26N4O3S. The Bertz CT molecular complexity index is 696. The molecule has 1 aromatic heterocycles. The maximum absolute atomic E-state index is 12.6. The van der Waals surface area contributed by atoms with Crippen LogP contribution >= 0.6 is 0 Å². The number of likely N-dealkylation sites (tertiary alicyclic amines) is 1. The van der Waals surface area contributed by atoms with E-state index in [-0.39, 0.29) is 10.8 Å². The molecule has 0 bridgehead atoms. The van der Waals surface area contributed by atoms with Crippen molar-refractivity contribution in [1.82, 2.24) is 19.4 Å². The molecular weight excluding hydrogens is 316 g/mol. The average molecular weight is 342 g/mol. The van der Waals surface area contributed by atoms with Crippen molar-refractivity contribution in [2.45, 2.75) is 51.5 Å². The highest BCUT2D eigenvalue weighted by Crippen LogP contribution is 2.20. The molecule has 23 heavy (non-hydrogen) atoms. The third kappa shape index (κ3) is 3.74. The first-order chi connectivity index (χ1) is 10.6. The first-order valence-electron chi connectivity index (χ1n) is 7.94. The maximum atomic E-state index is 12.6. The Hall–Kier alpha value is -1.41. The van der Waals surface area contributed by atoms with E-state index in [1.54, 1.807) is 32.7 Å². The Morgan fingerprint density at radius 1 is 1.39 bits per heavy atom. The number of hydrogen-bond acceptors (Lipinski definition) is 4. The van der Waals surface area contributed by atoms with Crippen LogP contribution in [0.4, 0.5) is 0 Å². The fourth-order valence-electron chi connectivity index (χ4n) is 3.15. The number of rotatable bonds is 4. The van der Waals surface area contributed by atoms with E-state index in [0.717, 1.165) is 12.8 Å². The molecule has 0 aromatic carbocycles. The van der Waals surface area contributed by atoms with Crippen molar-refractivity contribution in [3.8, 4) is 0 Å². The largest absolute Gasteiger partial charge is 0.341 e. The third-order valence-electron chi connectivity index (χ3n) is 4.38. The summed E-state index contributed by atoms with van der Waals surface area (Å²) >= 11 is 0. The van der Waals surface area contributed by atoms with Gasteiger partial charge in [-0.3, -0.25) is 9.48 Å². The first kappa shape index (κ1) is 17.9. The second-order valence-electron chi connectivity index (χ2n) is 6.50. The van der Waals surface area contributed by atoms with Gasteiger partial charge < -0.3 is 4.90 Å². The number of piperidine rings is 1. The van der Waals surface area contributed by atoms with Crippen LogP contribution in [0.3, 0.4) is 0 Å². The van der Waals surface area contributed by atoms with Crippen molar-refractivity contribution in [1.29, 1.82) is 0 Å². The molecule has 2 atom stereocenters. The van der Waals surface area contributed by atoms with Gasteiger partial charge in [-0.2, -0.15) is 9.82 Å². The number of nitrogens with one attached hydrogen (secondary N) is 1. The standard InChI is InChI=1S/C15H26N4O3S/c1-10-7-6-8-19(9-10)15(20)12(3)17-23(21,22)14-11(2)16-18(5)13(14)4/h10,12,17H,6-9H2,1-5H3/t10-,12-/m1/s1. The molecule has 1 aliphatic rings. The second kappa shape index (κ2) is 6.60.